The molecule has 0 saturated carbocycles. The van der Waals surface area contributed by atoms with Crippen molar-refractivity contribution in [1.29, 1.82) is 0 Å². The third kappa shape index (κ3) is 1.95. The van der Waals surface area contributed by atoms with Crippen molar-refractivity contribution in [3.05, 3.63) is 29.8 Å². The molecule has 1 atom stereocenters. The Morgan fingerprint density at radius 3 is 2.90 bits per heavy atom. The molecule has 1 aromatic carbocycles. The number of halogens is 1. The van der Waals surface area contributed by atoms with Crippen molar-refractivity contribution < 1.29 is 0 Å². The Kier molecular flexibility index (Phi) is 3.14. The Morgan fingerprint density at radius 1 is 1.50 bits per heavy atom. The van der Waals surface area contributed by atoms with E-state index in [4.69, 9.17) is 17.0 Å². The van der Waals surface area contributed by atoms with E-state index >= 15 is 0 Å². The maximum Gasteiger partial charge on any atom is 0.0178 e. The lowest BCUT2D eigenvalue weighted by atomic mass is 10.2. The summed E-state index contributed by atoms with van der Waals surface area (Å²) in [4.78, 5) is 0. The summed E-state index contributed by atoms with van der Waals surface area (Å²) in [5, 5.41) is 1.16. The SMILES string of the molecule is NCc1cccc(PCl)c1. The van der Waals surface area contributed by atoms with Gasteiger partial charge in [-0.1, -0.05) is 29.4 Å². The van der Waals surface area contributed by atoms with E-state index in [1.807, 2.05) is 24.3 Å². The topological polar surface area (TPSA) is 26.0 Å². The highest BCUT2D eigenvalue weighted by molar-refractivity contribution is 7.74. The molecule has 3 heteroatoms. The standard InChI is InChI=1S/C7H9ClNP/c8-10-7-3-1-2-6(4-7)5-9/h1-4,10H,5,9H2. The molecule has 0 aliphatic carbocycles. The molecular formula is C7H9ClNP. The first kappa shape index (κ1) is 8.00. The monoisotopic (exact) mass is 173 g/mol. The molecule has 0 fully saturated rings. The van der Waals surface area contributed by atoms with E-state index < -0.39 is 0 Å². The average Bonchev–Trinajstić information content (AvgIpc) is 2.05. The van der Waals surface area contributed by atoms with E-state index in [-0.39, 0.29) is 0 Å². The van der Waals surface area contributed by atoms with Gasteiger partial charge in [0.1, 0.15) is 0 Å². The van der Waals surface area contributed by atoms with E-state index in [2.05, 4.69) is 0 Å². The lowest BCUT2D eigenvalue weighted by Crippen LogP contribution is -2.00. The number of nitrogens with two attached hydrogens (primary N) is 1. The predicted molar refractivity (Wildman–Crippen MR) is 48.1 cm³/mol. The molecule has 0 aliphatic rings. The molecule has 0 aromatic heterocycles. The second-order valence-electron chi connectivity index (χ2n) is 2.00. The predicted octanol–water partition coefficient (Wildman–Crippen LogP) is 1.60. The van der Waals surface area contributed by atoms with Gasteiger partial charge in [0.2, 0.25) is 0 Å². The normalized spacial score (nSPS) is 11.0. The second-order valence-corrected chi connectivity index (χ2v) is 3.33. The smallest absolute Gasteiger partial charge is 0.0178 e. The van der Waals surface area contributed by atoms with Crippen LogP contribution in [0.2, 0.25) is 0 Å². The zero-order valence-corrected chi connectivity index (χ0v) is 7.23. The summed E-state index contributed by atoms with van der Waals surface area (Å²) >= 11 is 5.64. The van der Waals surface area contributed by atoms with Gasteiger partial charge in [-0.05, 0) is 16.9 Å². The van der Waals surface area contributed by atoms with Crippen LogP contribution < -0.4 is 11.0 Å². The quantitative estimate of drug-likeness (QED) is 0.676. The fourth-order valence-electron chi connectivity index (χ4n) is 0.757. The minimum Gasteiger partial charge on any atom is -0.326 e. The Morgan fingerprint density at radius 2 is 2.30 bits per heavy atom. The molecule has 0 bridgehead atoms. The van der Waals surface area contributed by atoms with Gasteiger partial charge in [0, 0.05) is 14.5 Å². The first-order valence-electron chi connectivity index (χ1n) is 3.02. The van der Waals surface area contributed by atoms with Gasteiger partial charge >= 0.3 is 0 Å². The zero-order valence-electron chi connectivity index (χ0n) is 5.47. The van der Waals surface area contributed by atoms with Crippen molar-refractivity contribution in [1.82, 2.24) is 0 Å². The summed E-state index contributed by atoms with van der Waals surface area (Å²) in [6, 6.07) is 8.02. The summed E-state index contributed by atoms with van der Waals surface area (Å²) in [7, 11) is 0.346. The van der Waals surface area contributed by atoms with E-state index in [9.17, 15) is 0 Å². The number of hydrogen-bond acceptors (Lipinski definition) is 1. The van der Waals surface area contributed by atoms with Crippen LogP contribution in [0.3, 0.4) is 0 Å². The fraction of sp³-hybridized carbons (Fsp3) is 0.143. The van der Waals surface area contributed by atoms with Crippen LogP contribution in [0.25, 0.3) is 0 Å². The minimum absolute atomic E-state index is 0.346. The van der Waals surface area contributed by atoms with Gasteiger partial charge in [0.25, 0.3) is 0 Å². The van der Waals surface area contributed by atoms with E-state index in [0.29, 0.717) is 14.5 Å². The van der Waals surface area contributed by atoms with Crippen LogP contribution >= 0.6 is 19.2 Å². The maximum absolute atomic E-state index is 5.64. The summed E-state index contributed by atoms with van der Waals surface area (Å²) in [5.74, 6) is 0. The van der Waals surface area contributed by atoms with E-state index in [1.54, 1.807) is 0 Å². The average molecular weight is 174 g/mol. The van der Waals surface area contributed by atoms with Crippen LogP contribution in [0, 0.1) is 0 Å². The molecule has 1 rings (SSSR count). The number of hydrogen-bond donors (Lipinski definition) is 1. The summed E-state index contributed by atoms with van der Waals surface area (Å²) in [6.07, 6.45) is 0. The summed E-state index contributed by atoms with van der Waals surface area (Å²) in [6.45, 7) is 0.592. The van der Waals surface area contributed by atoms with Gasteiger partial charge < -0.3 is 5.73 Å². The Labute approximate surface area is 67.1 Å². The molecule has 0 heterocycles. The minimum atomic E-state index is 0.346. The molecule has 54 valence electrons. The van der Waals surface area contributed by atoms with Gasteiger partial charge in [-0.3, -0.25) is 0 Å². The third-order valence-corrected chi connectivity index (χ3v) is 2.46. The lowest BCUT2D eigenvalue weighted by Gasteiger charge is -1.97. The van der Waals surface area contributed by atoms with Crippen LogP contribution in [0.4, 0.5) is 0 Å². The third-order valence-electron chi connectivity index (χ3n) is 1.27. The second kappa shape index (κ2) is 3.92. The van der Waals surface area contributed by atoms with Crippen molar-refractivity contribution in [2.75, 3.05) is 0 Å². The van der Waals surface area contributed by atoms with Crippen LogP contribution in [0.1, 0.15) is 5.56 Å². The highest BCUT2D eigenvalue weighted by Crippen LogP contribution is 2.15. The molecule has 1 unspecified atom stereocenters. The van der Waals surface area contributed by atoms with Crippen molar-refractivity contribution >= 4 is 24.5 Å². The molecule has 0 saturated heterocycles. The van der Waals surface area contributed by atoms with Crippen LogP contribution in [0.5, 0.6) is 0 Å². The Hall–Kier alpha value is -0.100. The maximum atomic E-state index is 5.64. The number of benzene rings is 1. The lowest BCUT2D eigenvalue weighted by molar-refractivity contribution is 1.07. The zero-order chi connectivity index (χ0) is 7.40. The summed E-state index contributed by atoms with van der Waals surface area (Å²) < 4.78 is 0. The molecule has 0 aliphatic heterocycles. The molecular weight excluding hydrogens is 165 g/mol. The number of rotatable bonds is 2. The van der Waals surface area contributed by atoms with E-state index in [0.717, 1.165) is 10.9 Å². The van der Waals surface area contributed by atoms with Gasteiger partial charge in [-0.25, -0.2) is 0 Å². The van der Waals surface area contributed by atoms with Crippen molar-refractivity contribution in [2.24, 2.45) is 5.73 Å². The van der Waals surface area contributed by atoms with Gasteiger partial charge in [-0.15, -0.1) is 0 Å². The van der Waals surface area contributed by atoms with Crippen LogP contribution in [0.15, 0.2) is 24.3 Å². The highest BCUT2D eigenvalue weighted by Gasteiger charge is 1.90. The highest BCUT2D eigenvalue weighted by atomic mass is 35.7. The van der Waals surface area contributed by atoms with Crippen molar-refractivity contribution in [3.8, 4) is 0 Å². The molecule has 1 aromatic rings. The molecule has 0 spiro atoms. The summed E-state index contributed by atoms with van der Waals surface area (Å²) in [5.41, 5.74) is 6.58. The molecule has 0 radical (unpaired) electrons. The van der Waals surface area contributed by atoms with Crippen LogP contribution in [-0.2, 0) is 6.54 Å². The van der Waals surface area contributed by atoms with Crippen molar-refractivity contribution in [3.63, 3.8) is 0 Å². The first-order valence-corrected chi connectivity index (χ1v) is 5.03. The largest absolute Gasteiger partial charge is 0.326 e. The van der Waals surface area contributed by atoms with Gasteiger partial charge in [-0.2, -0.15) is 0 Å². The molecule has 0 amide bonds. The van der Waals surface area contributed by atoms with Gasteiger partial charge in [0.05, 0.1) is 0 Å². The molecule has 10 heavy (non-hydrogen) atoms. The van der Waals surface area contributed by atoms with E-state index in [1.165, 1.54) is 0 Å². The molecule has 2 N–H and O–H groups in total. The van der Waals surface area contributed by atoms with Crippen LogP contribution in [-0.4, -0.2) is 0 Å². The van der Waals surface area contributed by atoms with Gasteiger partial charge in [0.15, 0.2) is 0 Å². The Bertz CT molecular complexity index is 195. The first-order chi connectivity index (χ1) is 4.86. The molecule has 1 nitrogen and oxygen atoms in total. The Balaban J connectivity index is 2.87. The fourth-order valence-corrected chi connectivity index (χ4v) is 1.51. The van der Waals surface area contributed by atoms with Crippen molar-refractivity contribution in [2.45, 2.75) is 6.54 Å².